The second kappa shape index (κ2) is 9.38. The summed E-state index contributed by atoms with van der Waals surface area (Å²) in [4.78, 5) is 8.84. The standard InChI is InChI=1S/C19H28N4/c1-15-6-9-22-18(11-15)13-20-7-4-5-8-21-14-19-17(3)10-16(2)12-23-19/h6,9-12,20-21H,4-5,7-8,13-14H2,1-3H3. The van der Waals surface area contributed by atoms with Crippen LogP contribution in [0.15, 0.2) is 30.6 Å². The molecule has 0 aliphatic rings. The first-order valence-electron chi connectivity index (χ1n) is 8.40. The zero-order valence-electron chi connectivity index (χ0n) is 14.5. The molecule has 0 amide bonds. The van der Waals surface area contributed by atoms with Gasteiger partial charge in [0.2, 0.25) is 0 Å². The molecule has 0 aliphatic heterocycles. The Bertz CT molecular complexity index is 610. The van der Waals surface area contributed by atoms with E-state index in [0.717, 1.165) is 37.6 Å². The normalized spacial score (nSPS) is 10.9. The van der Waals surface area contributed by atoms with Gasteiger partial charge < -0.3 is 10.6 Å². The van der Waals surface area contributed by atoms with Crippen LogP contribution in [0, 0.1) is 20.8 Å². The molecule has 0 unspecified atom stereocenters. The molecule has 124 valence electrons. The molecule has 2 heterocycles. The van der Waals surface area contributed by atoms with Gasteiger partial charge in [-0.15, -0.1) is 0 Å². The first-order chi connectivity index (χ1) is 11.1. The number of hydrogen-bond donors (Lipinski definition) is 2. The lowest BCUT2D eigenvalue weighted by molar-refractivity contribution is 0.575. The Morgan fingerprint density at radius 3 is 2.30 bits per heavy atom. The van der Waals surface area contributed by atoms with Crippen LogP contribution in [0.3, 0.4) is 0 Å². The van der Waals surface area contributed by atoms with Crippen LogP contribution in [0.25, 0.3) is 0 Å². The highest BCUT2D eigenvalue weighted by Gasteiger charge is 1.99. The lowest BCUT2D eigenvalue weighted by Gasteiger charge is -2.08. The van der Waals surface area contributed by atoms with Gasteiger partial charge in [0, 0.05) is 25.5 Å². The first kappa shape index (κ1) is 17.6. The van der Waals surface area contributed by atoms with Gasteiger partial charge in [-0.05, 0) is 75.5 Å². The SMILES string of the molecule is Cc1ccnc(CNCCCCNCc2ncc(C)cc2C)c1. The number of hydrogen-bond acceptors (Lipinski definition) is 4. The number of nitrogens with one attached hydrogen (secondary N) is 2. The smallest absolute Gasteiger partial charge is 0.0570 e. The number of rotatable bonds is 9. The van der Waals surface area contributed by atoms with Crippen LogP contribution in [0.5, 0.6) is 0 Å². The van der Waals surface area contributed by atoms with Crippen molar-refractivity contribution in [1.29, 1.82) is 0 Å². The molecular formula is C19H28N4. The quantitative estimate of drug-likeness (QED) is 0.699. The lowest BCUT2D eigenvalue weighted by Crippen LogP contribution is -2.19. The molecule has 0 fully saturated rings. The van der Waals surface area contributed by atoms with Crippen molar-refractivity contribution in [3.63, 3.8) is 0 Å². The van der Waals surface area contributed by atoms with Gasteiger partial charge in [0.05, 0.1) is 11.4 Å². The maximum Gasteiger partial charge on any atom is 0.0570 e. The van der Waals surface area contributed by atoms with Gasteiger partial charge in [-0.2, -0.15) is 0 Å². The zero-order chi connectivity index (χ0) is 16.5. The summed E-state index contributed by atoms with van der Waals surface area (Å²) < 4.78 is 0. The van der Waals surface area contributed by atoms with E-state index in [4.69, 9.17) is 0 Å². The Balaban J connectivity index is 1.52. The highest BCUT2D eigenvalue weighted by atomic mass is 14.9. The summed E-state index contributed by atoms with van der Waals surface area (Å²) in [5.74, 6) is 0. The van der Waals surface area contributed by atoms with E-state index >= 15 is 0 Å². The second-order valence-corrected chi connectivity index (χ2v) is 6.16. The van der Waals surface area contributed by atoms with E-state index in [1.54, 1.807) is 0 Å². The highest BCUT2D eigenvalue weighted by molar-refractivity contribution is 5.22. The molecule has 0 bridgehead atoms. The molecule has 0 atom stereocenters. The van der Waals surface area contributed by atoms with Crippen LogP contribution >= 0.6 is 0 Å². The van der Waals surface area contributed by atoms with Gasteiger partial charge >= 0.3 is 0 Å². The number of pyridine rings is 2. The van der Waals surface area contributed by atoms with Crippen molar-refractivity contribution >= 4 is 0 Å². The highest BCUT2D eigenvalue weighted by Crippen LogP contribution is 2.06. The molecule has 2 aromatic heterocycles. The molecule has 0 radical (unpaired) electrons. The second-order valence-electron chi connectivity index (χ2n) is 6.16. The minimum atomic E-state index is 0.849. The van der Waals surface area contributed by atoms with E-state index in [9.17, 15) is 0 Å². The molecule has 4 nitrogen and oxygen atoms in total. The van der Waals surface area contributed by atoms with Gasteiger partial charge in [0.15, 0.2) is 0 Å². The molecule has 0 aliphatic carbocycles. The number of aryl methyl sites for hydroxylation is 3. The molecule has 0 spiro atoms. The van der Waals surface area contributed by atoms with Gasteiger partial charge in [0.1, 0.15) is 0 Å². The van der Waals surface area contributed by atoms with Crippen molar-refractivity contribution in [2.45, 2.75) is 46.7 Å². The van der Waals surface area contributed by atoms with Crippen molar-refractivity contribution in [3.8, 4) is 0 Å². The van der Waals surface area contributed by atoms with E-state index in [1.165, 1.54) is 29.5 Å². The van der Waals surface area contributed by atoms with Crippen molar-refractivity contribution in [1.82, 2.24) is 20.6 Å². The van der Waals surface area contributed by atoms with Crippen LogP contribution < -0.4 is 10.6 Å². The third-order valence-electron chi connectivity index (χ3n) is 3.85. The Morgan fingerprint density at radius 1 is 0.870 bits per heavy atom. The van der Waals surface area contributed by atoms with Crippen molar-refractivity contribution in [3.05, 3.63) is 58.7 Å². The molecule has 0 aromatic carbocycles. The van der Waals surface area contributed by atoms with Crippen molar-refractivity contribution < 1.29 is 0 Å². The largest absolute Gasteiger partial charge is 0.311 e. The zero-order valence-corrected chi connectivity index (χ0v) is 14.5. The van der Waals surface area contributed by atoms with Crippen LogP contribution in [0.2, 0.25) is 0 Å². The van der Waals surface area contributed by atoms with E-state index in [-0.39, 0.29) is 0 Å². The fourth-order valence-electron chi connectivity index (χ4n) is 2.55. The number of aromatic nitrogens is 2. The third kappa shape index (κ3) is 6.47. The average Bonchev–Trinajstić information content (AvgIpc) is 2.52. The van der Waals surface area contributed by atoms with Gasteiger partial charge in [-0.25, -0.2) is 0 Å². The maximum absolute atomic E-state index is 4.48. The summed E-state index contributed by atoms with van der Waals surface area (Å²) in [6.07, 6.45) is 6.14. The molecule has 0 saturated heterocycles. The lowest BCUT2D eigenvalue weighted by atomic mass is 10.1. The fourth-order valence-corrected chi connectivity index (χ4v) is 2.55. The topological polar surface area (TPSA) is 49.8 Å². The number of nitrogens with zero attached hydrogens (tertiary/aromatic N) is 2. The summed E-state index contributed by atoms with van der Waals surface area (Å²) >= 11 is 0. The Kier molecular flexibility index (Phi) is 7.17. The molecule has 2 rings (SSSR count). The summed E-state index contributed by atoms with van der Waals surface area (Å²) in [6, 6.07) is 6.35. The molecule has 23 heavy (non-hydrogen) atoms. The van der Waals surface area contributed by atoms with Crippen LogP contribution in [0.4, 0.5) is 0 Å². The van der Waals surface area contributed by atoms with Crippen molar-refractivity contribution in [2.75, 3.05) is 13.1 Å². The Morgan fingerprint density at radius 2 is 1.61 bits per heavy atom. The predicted molar refractivity (Wildman–Crippen MR) is 95.3 cm³/mol. The minimum absolute atomic E-state index is 0.849. The predicted octanol–water partition coefficient (Wildman–Crippen LogP) is 3.06. The fraction of sp³-hybridized carbons (Fsp3) is 0.474. The number of unbranched alkanes of at least 4 members (excludes halogenated alkanes) is 1. The Hall–Kier alpha value is -1.78. The molecule has 0 saturated carbocycles. The first-order valence-corrected chi connectivity index (χ1v) is 8.40. The van der Waals surface area contributed by atoms with Crippen molar-refractivity contribution in [2.24, 2.45) is 0 Å². The van der Waals surface area contributed by atoms with Gasteiger partial charge in [-0.3, -0.25) is 9.97 Å². The maximum atomic E-state index is 4.48. The van der Waals surface area contributed by atoms with Gasteiger partial charge in [-0.1, -0.05) is 6.07 Å². The summed E-state index contributed by atoms with van der Waals surface area (Å²) in [7, 11) is 0. The van der Waals surface area contributed by atoms with Crippen LogP contribution in [-0.2, 0) is 13.1 Å². The van der Waals surface area contributed by atoms with E-state index in [0.29, 0.717) is 0 Å². The average molecular weight is 312 g/mol. The molecule has 2 N–H and O–H groups in total. The van der Waals surface area contributed by atoms with E-state index in [2.05, 4.69) is 53.5 Å². The molecular weight excluding hydrogens is 284 g/mol. The summed E-state index contributed by atoms with van der Waals surface area (Å²) in [5, 5.41) is 6.93. The van der Waals surface area contributed by atoms with Crippen LogP contribution in [0.1, 0.15) is 40.9 Å². The minimum Gasteiger partial charge on any atom is -0.311 e. The molecule has 4 heteroatoms. The van der Waals surface area contributed by atoms with E-state index < -0.39 is 0 Å². The monoisotopic (exact) mass is 312 g/mol. The third-order valence-corrected chi connectivity index (χ3v) is 3.85. The Labute approximate surface area is 139 Å². The summed E-state index contributed by atoms with van der Waals surface area (Å²) in [5.41, 5.74) is 6.02. The van der Waals surface area contributed by atoms with E-state index in [1.807, 2.05) is 18.5 Å². The summed E-state index contributed by atoms with van der Waals surface area (Å²) in [6.45, 7) is 10.1. The van der Waals surface area contributed by atoms with Crippen LogP contribution in [-0.4, -0.2) is 23.1 Å². The van der Waals surface area contributed by atoms with Gasteiger partial charge in [0.25, 0.3) is 0 Å². The molecule has 2 aromatic rings.